The monoisotopic (exact) mass is 451 g/mol. The van der Waals surface area contributed by atoms with Crippen molar-refractivity contribution in [3.63, 3.8) is 0 Å². The summed E-state index contributed by atoms with van der Waals surface area (Å²) in [5, 5.41) is 11.3. The Kier molecular flexibility index (Phi) is 12.1. The molecule has 0 fully saturated rings. The molecule has 1 aromatic rings. The van der Waals surface area contributed by atoms with Gasteiger partial charge in [-0.2, -0.15) is 5.10 Å². The first-order chi connectivity index (χ1) is 11.0. The molecule has 0 bridgehead atoms. The molecule has 1 heterocycles. The molecule has 0 amide bonds. The molecule has 1 unspecified atom stereocenters. The van der Waals surface area contributed by atoms with Crippen LogP contribution < -0.4 is 10.6 Å². The first-order valence-corrected chi connectivity index (χ1v) is 8.53. The molecule has 0 spiro atoms. The predicted molar refractivity (Wildman–Crippen MR) is 111 cm³/mol. The highest BCUT2D eigenvalue weighted by molar-refractivity contribution is 14.0. The summed E-state index contributed by atoms with van der Waals surface area (Å²) in [6.07, 6.45) is 3.09. The molecule has 1 aromatic heterocycles. The van der Waals surface area contributed by atoms with Crippen LogP contribution in [0.1, 0.15) is 43.6 Å². The molecular weight excluding hydrogens is 417 g/mol. The van der Waals surface area contributed by atoms with Crippen LogP contribution in [0.3, 0.4) is 0 Å². The zero-order valence-electron chi connectivity index (χ0n) is 16.0. The fourth-order valence-electron chi connectivity index (χ4n) is 2.58. The number of aliphatic imine (C=N–C) groups is 1. The van der Waals surface area contributed by atoms with Gasteiger partial charge in [0.25, 0.3) is 0 Å². The molecule has 24 heavy (non-hydrogen) atoms. The summed E-state index contributed by atoms with van der Waals surface area (Å²) in [5.41, 5.74) is 3.66. The molecular formula is C17H34IN5O. The highest BCUT2D eigenvalue weighted by Gasteiger charge is 2.13. The van der Waals surface area contributed by atoms with E-state index in [4.69, 9.17) is 4.74 Å². The third kappa shape index (κ3) is 7.83. The van der Waals surface area contributed by atoms with Gasteiger partial charge < -0.3 is 15.4 Å². The van der Waals surface area contributed by atoms with E-state index in [0.717, 1.165) is 50.7 Å². The number of guanidine groups is 1. The van der Waals surface area contributed by atoms with Gasteiger partial charge >= 0.3 is 0 Å². The largest absolute Gasteiger partial charge is 0.382 e. The predicted octanol–water partition coefficient (Wildman–Crippen LogP) is 2.57. The number of nitrogens with zero attached hydrogens (tertiary/aromatic N) is 3. The van der Waals surface area contributed by atoms with E-state index in [-0.39, 0.29) is 24.0 Å². The summed E-state index contributed by atoms with van der Waals surface area (Å²) < 4.78 is 7.29. The van der Waals surface area contributed by atoms with Gasteiger partial charge in [-0.3, -0.25) is 9.67 Å². The lowest BCUT2D eigenvalue weighted by atomic mass is 10.1. The average molecular weight is 451 g/mol. The van der Waals surface area contributed by atoms with E-state index in [2.05, 4.69) is 41.5 Å². The Labute approximate surface area is 163 Å². The second-order valence-corrected chi connectivity index (χ2v) is 5.93. The van der Waals surface area contributed by atoms with Crippen molar-refractivity contribution in [3.05, 3.63) is 17.0 Å². The Hall–Kier alpha value is -0.830. The second kappa shape index (κ2) is 12.5. The van der Waals surface area contributed by atoms with Gasteiger partial charge in [0, 0.05) is 45.6 Å². The van der Waals surface area contributed by atoms with Gasteiger partial charge in [-0.25, -0.2) is 0 Å². The Morgan fingerprint density at radius 2 is 2.04 bits per heavy atom. The van der Waals surface area contributed by atoms with Crippen LogP contribution in [0.4, 0.5) is 0 Å². The number of ether oxygens (including phenoxy) is 1. The topological polar surface area (TPSA) is 63.5 Å². The number of halogens is 1. The van der Waals surface area contributed by atoms with Crippen LogP contribution in [0.5, 0.6) is 0 Å². The van der Waals surface area contributed by atoms with Crippen LogP contribution in [0, 0.1) is 13.8 Å². The molecule has 0 aliphatic rings. The summed E-state index contributed by atoms with van der Waals surface area (Å²) in [5.74, 6) is 0.855. The summed E-state index contributed by atoms with van der Waals surface area (Å²) in [6, 6.07) is 0.297. The molecule has 2 N–H and O–H groups in total. The normalized spacial score (nSPS) is 12.7. The molecule has 140 valence electrons. The van der Waals surface area contributed by atoms with Gasteiger partial charge in [-0.05, 0) is 52.5 Å². The molecule has 6 nitrogen and oxygen atoms in total. The lowest BCUT2D eigenvalue weighted by molar-refractivity contribution is 0.143. The maximum atomic E-state index is 5.34. The maximum Gasteiger partial charge on any atom is 0.191 e. The van der Waals surface area contributed by atoms with Gasteiger partial charge in [0.2, 0.25) is 0 Å². The van der Waals surface area contributed by atoms with Crippen molar-refractivity contribution < 1.29 is 4.74 Å². The van der Waals surface area contributed by atoms with Crippen LogP contribution in [0.25, 0.3) is 0 Å². The SMILES string of the molecule is CCOCCCCNC(=NC)NC(C)Cc1c(C)nn(C)c1C.I. The van der Waals surface area contributed by atoms with Crippen molar-refractivity contribution in [1.29, 1.82) is 0 Å². The van der Waals surface area contributed by atoms with Gasteiger partial charge in [0.15, 0.2) is 5.96 Å². The van der Waals surface area contributed by atoms with E-state index >= 15 is 0 Å². The van der Waals surface area contributed by atoms with Crippen LogP contribution in [0.15, 0.2) is 4.99 Å². The van der Waals surface area contributed by atoms with Gasteiger partial charge in [-0.1, -0.05) is 0 Å². The first-order valence-electron chi connectivity index (χ1n) is 8.53. The number of hydrogen-bond acceptors (Lipinski definition) is 3. The third-order valence-corrected chi connectivity index (χ3v) is 3.99. The molecule has 0 aliphatic heterocycles. The van der Waals surface area contributed by atoms with Gasteiger partial charge in [0.05, 0.1) is 5.69 Å². The molecule has 7 heteroatoms. The Morgan fingerprint density at radius 1 is 1.33 bits per heavy atom. The first kappa shape index (κ1) is 23.2. The van der Waals surface area contributed by atoms with Crippen molar-refractivity contribution >= 4 is 29.9 Å². The summed E-state index contributed by atoms with van der Waals surface area (Å²) in [4.78, 5) is 4.30. The fourth-order valence-corrected chi connectivity index (χ4v) is 2.58. The zero-order valence-corrected chi connectivity index (χ0v) is 18.3. The van der Waals surface area contributed by atoms with Crippen molar-refractivity contribution in [1.82, 2.24) is 20.4 Å². The highest BCUT2D eigenvalue weighted by atomic mass is 127. The third-order valence-electron chi connectivity index (χ3n) is 3.99. The molecule has 0 saturated carbocycles. The standard InChI is InChI=1S/C17H33N5O.HI/c1-7-23-11-9-8-10-19-17(18-5)20-13(2)12-16-14(3)21-22(6)15(16)4;/h13H,7-12H2,1-6H3,(H2,18,19,20);1H. The van der Waals surface area contributed by atoms with E-state index in [0.29, 0.717) is 6.04 Å². The Morgan fingerprint density at radius 3 is 2.58 bits per heavy atom. The average Bonchev–Trinajstić information content (AvgIpc) is 2.76. The lowest BCUT2D eigenvalue weighted by Crippen LogP contribution is -2.43. The van der Waals surface area contributed by atoms with Crippen LogP contribution in [0.2, 0.25) is 0 Å². The van der Waals surface area contributed by atoms with E-state index in [1.54, 1.807) is 0 Å². The summed E-state index contributed by atoms with van der Waals surface area (Å²) in [6.45, 7) is 10.9. The number of unbranched alkanes of at least 4 members (excludes halogenated alkanes) is 1. The number of rotatable bonds is 9. The van der Waals surface area contributed by atoms with E-state index in [1.807, 2.05) is 25.7 Å². The minimum atomic E-state index is 0. The van der Waals surface area contributed by atoms with Crippen LogP contribution in [-0.2, 0) is 18.2 Å². The lowest BCUT2D eigenvalue weighted by Gasteiger charge is -2.18. The minimum absolute atomic E-state index is 0. The van der Waals surface area contributed by atoms with E-state index < -0.39 is 0 Å². The molecule has 0 aliphatic carbocycles. The van der Waals surface area contributed by atoms with Crippen molar-refractivity contribution in [2.45, 2.75) is 53.0 Å². The van der Waals surface area contributed by atoms with Gasteiger partial charge in [-0.15, -0.1) is 24.0 Å². The summed E-state index contributed by atoms with van der Waals surface area (Å²) in [7, 11) is 3.80. The van der Waals surface area contributed by atoms with Gasteiger partial charge in [0.1, 0.15) is 0 Å². The van der Waals surface area contributed by atoms with E-state index in [9.17, 15) is 0 Å². The Balaban J connectivity index is 0.00000529. The highest BCUT2D eigenvalue weighted by Crippen LogP contribution is 2.14. The molecule has 1 rings (SSSR count). The number of aryl methyl sites for hydroxylation is 2. The number of aromatic nitrogens is 2. The Bertz CT molecular complexity index is 501. The molecule has 1 atom stereocenters. The quantitative estimate of drug-likeness (QED) is 0.262. The maximum absolute atomic E-state index is 5.34. The van der Waals surface area contributed by atoms with Crippen molar-refractivity contribution in [2.24, 2.45) is 12.0 Å². The van der Waals surface area contributed by atoms with Crippen LogP contribution >= 0.6 is 24.0 Å². The van der Waals surface area contributed by atoms with Crippen LogP contribution in [-0.4, -0.2) is 48.6 Å². The van der Waals surface area contributed by atoms with Crippen molar-refractivity contribution in [2.75, 3.05) is 26.8 Å². The van der Waals surface area contributed by atoms with E-state index in [1.165, 1.54) is 11.3 Å². The fraction of sp³-hybridized carbons (Fsp3) is 0.765. The van der Waals surface area contributed by atoms with Crippen molar-refractivity contribution in [3.8, 4) is 0 Å². The number of nitrogens with one attached hydrogen (secondary N) is 2. The minimum Gasteiger partial charge on any atom is -0.382 e. The second-order valence-electron chi connectivity index (χ2n) is 5.93. The molecule has 0 saturated heterocycles. The zero-order chi connectivity index (χ0) is 17.2. The summed E-state index contributed by atoms with van der Waals surface area (Å²) >= 11 is 0. The molecule has 0 radical (unpaired) electrons. The number of hydrogen-bond donors (Lipinski definition) is 2. The molecule has 0 aromatic carbocycles. The smallest absolute Gasteiger partial charge is 0.191 e.